The number of ether oxygens (including phenoxy) is 2. The fourth-order valence-electron chi connectivity index (χ4n) is 8.83. The third-order valence-corrected chi connectivity index (χ3v) is 13.0. The highest BCUT2D eigenvalue weighted by Gasteiger charge is 2.27. The molecule has 0 aromatic rings. The Morgan fingerprint density at radius 3 is 1.05 bits per heavy atom. The van der Waals surface area contributed by atoms with Gasteiger partial charge in [-0.3, -0.25) is 9.59 Å². The van der Waals surface area contributed by atoms with Gasteiger partial charge in [0.15, 0.2) is 0 Å². The second-order valence-corrected chi connectivity index (χ2v) is 19.8. The van der Waals surface area contributed by atoms with Crippen LogP contribution in [0.15, 0.2) is 0 Å². The van der Waals surface area contributed by atoms with Crippen LogP contribution in [0.4, 0.5) is 0 Å². The van der Waals surface area contributed by atoms with Crippen molar-refractivity contribution in [1.82, 2.24) is 0 Å². The van der Waals surface area contributed by atoms with E-state index in [1.165, 1.54) is 231 Å². The summed E-state index contributed by atoms with van der Waals surface area (Å²) in [7, 11) is 0. The lowest BCUT2D eigenvalue weighted by atomic mass is 9.93. The Labute approximate surface area is 357 Å². The average molecular weight is 803 g/mol. The van der Waals surface area contributed by atoms with Gasteiger partial charge in [0.25, 0.3) is 0 Å². The number of esters is 2. The summed E-state index contributed by atoms with van der Waals surface area (Å²) in [5, 5.41) is 0. The summed E-state index contributed by atoms with van der Waals surface area (Å²) in [5.41, 5.74) is -0.387. The van der Waals surface area contributed by atoms with E-state index in [2.05, 4.69) is 20.8 Å². The Morgan fingerprint density at radius 2 is 0.719 bits per heavy atom. The Balaban J connectivity index is 2.19. The zero-order chi connectivity index (χ0) is 41.3. The van der Waals surface area contributed by atoms with Crippen LogP contribution in [-0.2, 0) is 19.1 Å². The SMILES string of the molecule is CCCCCCCCCCCCCCCCCCCCCC(C)C(=O)OCC(C)(C)COC(=O)C1CCCCCCCCCCCCCCCCCCCCCC1. The molecule has 0 aliphatic heterocycles. The largest absolute Gasteiger partial charge is 0.465 e. The molecule has 0 amide bonds. The maximum Gasteiger partial charge on any atom is 0.308 e. The van der Waals surface area contributed by atoms with Gasteiger partial charge >= 0.3 is 11.9 Å². The number of hydrogen-bond donors (Lipinski definition) is 0. The molecule has 0 radical (unpaired) electrons. The average Bonchev–Trinajstić information content (AvgIpc) is 3.20. The van der Waals surface area contributed by atoms with Crippen LogP contribution in [0.5, 0.6) is 0 Å². The summed E-state index contributed by atoms with van der Waals surface area (Å²) in [6.07, 6.45) is 55.8. The molecular weight excluding hydrogens is 701 g/mol. The van der Waals surface area contributed by atoms with E-state index in [9.17, 15) is 9.59 Å². The minimum atomic E-state index is -0.387. The first kappa shape index (κ1) is 54.0. The lowest BCUT2D eigenvalue weighted by molar-refractivity contribution is -0.158. The minimum absolute atomic E-state index is 0.00388. The van der Waals surface area contributed by atoms with Gasteiger partial charge in [0.1, 0.15) is 0 Å². The molecule has 0 aromatic carbocycles. The molecule has 57 heavy (non-hydrogen) atoms. The van der Waals surface area contributed by atoms with Crippen LogP contribution in [0.25, 0.3) is 0 Å². The van der Waals surface area contributed by atoms with Crippen molar-refractivity contribution in [2.45, 2.75) is 297 Å². The zero-order valence-corrected chi connectivity index (χ0v) is 39.4. The molecule has 0 saturated heterocycles. The summed E-state index contributed by atoms with van der Waals surface area (Å²) in [6, 6.07) is 0. The van der Waals surface area contributed by atoms with Crippen LogP contribution in [-0.4, -0.2) is 25.2 Å². The molecule has 338 valence electrons. The van der Waals surface area contributed by atoms with E-state index < -0.39 is 0 Å². The number of hydrogen-bond acceptors (Lipinski definition) is 4. The third kappa shape index (κ3) is 36.5. The molecule has 0 spiro atoms. The highest BCUT2D eigenvalue weighted by molar-refractivity contribution is 5.72. The number of carbonyl (C=O) groups excluding carboxylic acids is 2. The zero-order valence-electron chi connectivity index (χ0n) is 39.4. The Bertz CT molecular complexity index is 843. The van der Waals surface area contributed by atoms with E-state index in [1.807, 2.05) is 6.92 Å². The fraction of sp³-hybridized carbons (Fsp3) is 0.962. The van der Waals surface area contributed by atoms with Crippen LogP contribution < -0.4 is 0 Å². The molecule has 1 atom stereocenters. The van der Waals surface area contributed by atoms with Gasteiger partial charge in [-0.15, -0.1) is 0 Å². The van der Waals surface area contributed by atoms with Gasteiger partial charge in [-0.1, -0.05) is 278 Å². The Hall–Kier alpha value is -1.06. The van der Waals surface area contributed by atoms with Crippen LogP contribution in [0, 0.1) is 17.3 Å². The van der Waals surface area contributed by atoms with Gasteiger partial charge in [-0.25, -0.2) is 0 Å². The van der Waals surface area contributed by atoms with E-state index in [-0.39, 0.29) is 29.2 Å². The smallest absolute Gasteiger partial charge is 0.308 e. The summed E-state index contributed by atoms with van der Waals surface area (Å²) < 4.78 is 11.8. The maximum atomic E-state index is 13.4. The molecule has 1 unspecified atom stereocenters. The van der Waals surface area contributed by atoms with E-state index in [0.717, 1.165) is 38.5 Å². The van der Waals surface area contributed by atoms with Crippen LogP contribution in [0.2, 0.25) is 0 Å². The molecule has 4 heteroatoms. The van der Waals surface area contributed by atoms with Gasteiger partial charge in [0.2, 0.25) is 0 Å². The summed E-state index contributed by atoms with van der Waals surface area (Å²) >= 11 is 0. The first-order valence-corrected chi connectivity index (χ1v) is 26.2. The second-order valence-electron chi connectivity index (χ2n) is 19.8. The molecule has 0 heterocycles. The fourth-order valence-corrected chi connectivity index (χ4v) is 8.83. The molecule has 1 saturated carbocycles. The lowest BCUT2D eigenvalue weighted by Gasteiger charge is -2.26. The molecule has 0 bridgehead atoms. The first-order valence-electron chi connectivity index (χ1n) is 26.2. The van der Waals surface area contributed by atoms with Crippen molar-refractivity contribution in [1.29, 1.82) is 0 Å². The Kier molecular flexibility index (Phi) is 38.2. The predicted molar refractivity (Wildman–Crippen MR) is 248 cm³/mol. The predicted octanol–water partition coefficient (Wildman–Crippen LogP) is 17.8. The molecule has 1 fully saturated rings. The number of carbonyl (C=O) groups is 2. The highest BCUT2D eigenvalue weighted by atomic mass is 16.5. The van der Waals surface area contributed by atoms with Crippen molar-refractivity contribution in [3.63, 3.8) is 0 Å². The van der Waals surface area contributed by atoms with E-state index >= 15 is 0 Å². The molecule has 0 N–H and O–H groups in total. The van der Waals surface area contributed by atoms with Crippen molar-refractivity contribution >= 4 is 11.9 Å². The van der Waals surface area contributed by atoms with Crippen molar-refractivity contribution in [2.75, 3.05) is 13.2 Å². The Morgan fingerprint density at radius 1 is 0.439 bits per heavy atom. The van der Waals surface area contributed by atoms with Crippen LogP contribution >= 0.6 is 0 Å². The van der Waals surface area contributed by atoms with Crippen molar-refractivity contribution in [3.8, 4) is 0 Å². The van der Waals surface area contributed by atoms with Crippen LogP contribution in [0.3, 0.4) is 0 Å². The summed E-state index contributed by atoms with van der Waals surface area (Å²) in [6.45, 7) is 9.02. The monoisotopic (exact) mass is 803 g/mol. The van der Waals surface area contributed by atoms with Gasteiger partial charge in [0, 0.05) is 5.41 Å². The number of rotatable bonds is 26. The van der Waals surface area contributed by atoms with Crippen molar-refractivity contribution < 1.29 is 19.1 Å². The summed E-state index contributed by atoms with van der Waals surface area (Å²) in [4.78, 5) is 26.2. The highest BCUT2D eigenvalue weighted by Crippen LogP contribution is 2.25. The maximum absolute atomic E-state index is 13.4. The van der Waals surface area contributed by atoms with Gasteiger partial charge < -0.3 is 9.47 Å². The first-order chi connectivity index (χ1) is 27.9. The van der Waals surface area contributed by atoms with E-state index in [4.69, 9.17) is 9.47 Å². The quantitative estimate of drug-likeness (QED) is 0.0646. The molecule has 1 rings (SSSR count). The van der Waals surface area contributed by atoms with E-state index in [0.29, 0.717) is 13.2 Å². The third-order valence-electron chi connectivity index (χ3n) is 13.0. The van der Waals surface area contributed by atoms with Crippen LogP contribution in [0.1, 0.15) is 297 Å². The lowest BCUT2D eigenvalue weighted by Crippen LogP contribution is -2.31. The van der Waals surface area contributed by atoms with E-state index in [1.54, 1.807) is 0 Å². The second kappa shape index (κ2) is 40.4. The molecule has 1 aliphatic rings. The summed E-state index contributed by atoms with van der Waals surface area (Å²) in [5.74, 6) is -0.204. The molecular formula is C53H102O4. The van der Waals surface area contributed by atoms with Gasteiger partial charge in [-0.2, -0.15) is 0 Å². The van der Waals surface area contributed by atoms with Crippen molar-refractivity contribution in [3.05, 3.63) is 0 Å². The van der Waals surface area contributed by atoms with Crippen molar-refractivity contribution in [2.24, 2.45) is 17.3 Å². The molecule has 0 aromatic heterocycles. The standard InChI is InChI=1S/C53H102O4/c1-5-6-7-8-9-10-11-12-13-14-17-20-23-26-29-32-35-38-41-44-49(2)51(54)56-47-53(3,4)48-57-52(55)50-45-42-39-36-33-30-27-24-21-18-15-16-19-22-25-28-31-34-37-40-43-46-50/h49-50H,5-48H2,1-4H3. The minimum Gasteiger partial charge on any atom is -0.465 e. The van der Waals surface area contributed by atoms with Gasteiger partial charge in [0.05, 0.1) is 25.0 Å². The molecule has 4 nitrogen and oxygen atoms in total. The normalized spacial score (nSPS) is 17.8. The van der Waals surface area contributed by atoms with Gasteiger partial charge in [-0.05, 0) is 19.3 Å². The molecule has 1 aliphatic carbocycles. The topological polar surface area (TPSA) is 52.6 Å². The number of unbranched alkanes of at least 4 members (excludes halogenated alkanes) is 18.